The molecule has 20 heavy (non-hydrogen) atoms. The number of nitrogens with two attached hydrogens (primary N) is 1. The molecule has 2 rings (SSSR count). The van der Waals surface area contributed by atoms with Crippen LogP contribution < -0.4 is 11.1 Å². The second kappa shape index (κ2) is 8.80. The van der Waals surface area contributed by atoms with E-state index in [0.29, 0.717) is 24.1 Å². The van der Waals surface area contributed by atoms with E-state index in [1.165, 1.54) is 32.1 Å². The van der Waals surface area contributed by atoms with Crippen molar-refractivity contribution < 1.29 is 0 Å². The minimum Gasteiger partial charge on any atom is -0.370 e. The summed E-state index contributed by atoms with van der Waals surface area (Å²) in [4.78, 5) is 4.34. The molecule has 1 fully saturated rings. The molecule has 0 aliphatic heterocycles. The third-order valence-corrected chi connectivity index (χ3v) is 3.47. The van der Waals surface area contributed by atoms with Gasteiger partial charge >= 0.3 is 0 Å². The van der Waals surface area contributed by atoms with Crippen molar-refractivity contribution in [3.8, 4) is 6.07 Å². The average molecular weight is 384 g/mol. The lowest BCUT2D eigenvalue weighted by atomic mass is 9.96. The van der Waals surface area contributed by atoms with E-state index in [-0.39, 0.29) is 24.0 Å². The number of nitrogens with one attached hydrogen (secondary N) is 1. The molecule has 1 aromatic rings. The van der Waals surface area contributed by atoms with Crippen LogP contribution in [0.5, 0.6) is 0 Å². The largest absolute Gasteiger partial charge is 0.370 e. The normalized spacial score (nSPS) is 16.1. The number of aliphatic imine (C=N–C) groups is 1. The molecule has 0 unspecified atom stereocenters. The van der Waals surface area contributed by atoms with Crippen LogP contribution in [-0.4, -0.2) is 12.0 Å². The molecule has 0 amide bonds. The molecule has 4 nitrogen and oxygen atoms in total. The summed E-state index contributed by atoms with van der Waals surface area (Å²) in [7, 11) is 0. The van der Waals surface area contributed by atoms with Crippen LogP contribution in [0.3, 0.4) is 0 Å². The maximum absolute atomic E-state index is 8.72. The zero-order valence-electron chi connectivity index (χ0n) is 11.5. The summed E-state index contributed by atoms with van der Waals surface area (Å²) < 4.78 is 0. The monoisotopic (exact) mass is 384 g/mol. The van der Waals surface area contributed by atoms with E-state index in [0.717, 1.165) is 5.56 Å². The smallest absolute Gasteiger partial charge is 0.189 e. The third-order valence-electron chi connectivity index (χ3n) is 3.47. The van der Waals surface area contributed by atoms with Gasteiger partial charge in [-0.05, 0) is 30.5 Å². The molecule has 108 valence electrons. The van der Waals surface area contributed by atoms with Gasteiger partial charge in [0.15, 0.2) is 5.96 Å². The maximum Gasteiger partial charge on any atom is 0.189 e. The van der Waals surface area contributed by atoms with E-state index in [2.05, 4.69) is 16.4 Å². The molecule has 0 atom stereocenters. The summed E-state index contributed by atoms with van der Waals surface area (Å²) in [5.74, 6) is 0.524. The molecular weight excluding hydrogens is 363 g/mol. The summed E-state index contributed by atoms with van der Waals surface area (Å²) in [6.45, 7) is 0.553. The average Bonchev–Trinajstić information content (AvgIpc) is 2.47. The van der Waals surface area contributed by atoms with E-state index in [9.17, 15) is 0 Å². The topological polar surface area (TPSA) is 74.2 Å². The highest BCUT2D eigenvalue weighted by molar-refractivity contribution is 14.0. The first-order chi connectivity index (χ1) is 9.28. The maximum atomic E-state index is 8.72. The Morgan fingerprint density at radius 2 is 1.90 bits per heavy atom. The molecule has 0 spiro atoms. The van der Waals surface area contributed by atoms with Crippen molar-refractivity contribution in [2.24, 2.45) is 10.7 Å². The van der Waals surface area contributed by atoms with Crippen LogP contribution in [0.1, 0.15) is 43.2 Å². The van der Waals surface area contributed by atoms with E-state index in [1.54, 1.807) is 12.1 Å². The Morgan fingerprint density at radius 3 is 2.50 bits per heavy atom. The molecule has 0 bridgehead atoms. The van der Waals surface area contributed by atoms with Crippen LogP contribution in [0.25, 0.3) is 0 Å². The number of hydrogen-bond donors (Lipinski definition) is 2. The zero-order valence-corrected chi connectivity index (χ0v) is 13.8. The summed E-state index contributed by atoms with van der Waals surface area (Å²) in [6, 6.07) is 10.0. The van der Waals surface area contributed by atoms with Crippen molar-refractivity contribution in [2.45, 2.75) is 44.7 Å². The van der Waals surface area contributed by atoms with Crippen LogP contribution in [0.2, 0.25) is 0 Å². The summed E-state index contributed by atoms with van der Waals surface area (Å²) >= 11 is 0. The highest BCUT2D eigenvalue weighted by Crippen LogP contribution is 2.17. The fourth-order valence-corrected chi connectivity index (χ4v) is 2.36. The summed E-state index contributed by atoms with van der Waals surface area (Å²) in [5.41, 5.74) is 7.63. The van der Waals surface area contributed by atoms with Gasteiger partial charge in [-0.25, -0.2) is 4.99 Å². The van der Waals surface area contributed by atoms with E-state index < -0.39 is 0 Å². The molecule has 1 saturated carbocycles. The second-order valence-corrected chi connectivity index (χ2v) is 4.99. The van der Waals surface area contributed by atoms with Gasteiger partial charge in [0, 0.05) is 6.04 Å². The van der Waals surface area contributed by atoms with Gasteiger partial charge in [-0.3, -0.25) is 0 Å². The number of benzene rings is 1. The van der Waals surface area contributed by atoms with Crippen molar-refractivity contribution in [2.75, 3.05) is 0 Å². The number of nitriles is 1. The fraction of sp³-hybridized carbons (Fsp3) is 0.467. The van der Waals surface area contributed by atoms with Gasteiger partial charge < -0.3 is 11.1 Å². The van der Waals surface area contributed by atoms with Crippen LogP contribution in [0.4, 0.5) is 0 Å². The number of guanidine groups is 1. The number of halogens is 1. The predicted molar refractivity (Wildman–Crippen MR) is 91.9 cm³/mol. The van der Waals surface area contributed by atoms with Gasteiger partial charge in [-0.1, -0.05) is 31.4 Å². The molecule has 0 radical (unpaired) electrons. The Balaban J connectivity index is 0.00000200. The lowest BCUT2D eigenvalue weighted by molar-refractivity contribution is 0.412. The first kappa shape index (κ1) is 16.8. The number of hydrogen-bond acceptors (Lipinski definition) is 2. The van der Waals surface area contributed by atoms with E-state index in [4.69, 9.17) is 11.0 Å². The quantitative estimate of drug-likeness (QED) is 0.478. The molecule has 0 heterocycles. The summed E-state index contributed by atoms with van der Waals surface area (Å²) in [5, 5.41) is 12.0. The molecule has 5 heteroatoms. The number of rotatable bonds is 3. The first-order valence-electron chi connectivity index (χ1n) is 6.83. The van der Waals surface area contributed by atoms with Gasteiger partial charge in [-0.2, -0.15) is 5.26 Å². The Kier molecular flexibility index (Phi) is 7.37. The minimum atomic E-state index is 0. The van der Waals surface area contributed by atoms with Crippen LogP contribution in [0, 0.1) is 11.3 Å². The Labute approximate surface area is 137 Å². The molecular formula is C15H21IN4. The molecule has 0 aromatic heterocycles. The highest BCUT2D eigenvalue weighted by atomic mass is 127. The lowest BCUT2D eigenvalue weighted by Crippen LogP contribution is -2.41. The van der Waals surface area contributed by atoms with Crippen molar-refractivity contribution in [3.63, 3.8) is 0 Å². The lowest BCUT2D eigenvalue weighted by Gasteiger charge is -2.23. The first-order valence-corrected chi connectivity index (χ1v) is 6.83. The van der Waals surface area contributed by atoms with Gasteiger partial charge in [0.05, 0.1) is 18.2 Å². The predicted octanol–water partition coefficient (Wildman–Crippen LogP) is 2.91. The highest BCUT2D eigenvalue weighted by Gasteiger charge is 2.13. The van der Waals surface area contributed by atoms with Crippen molar-refractivity contribution in [1.29, 1.82) is 5.26 Å². The molecule has 3 N–H and O–H groups in total. The van der Waals surface area contributed by atoms with E-state index >= 15 is 0 Å². The molecule has 0 saturated heterocycles. The van der Waals surface area contributed by atoms with Crippen molar-refractivity contribution in [3.05, 3.63) is 35.4 Å². The van der Waals surface area contributed by atoms with Gasteiger partial charge in [0.25, 0.3) is 0 Å². The van der Waals surface area contributed by atoms with Gasteiger partial charge in [-0.15, -0.1) is 24.0 Å². The Morgan fingerprint density at radius 1 is 1.25 bits per heavy atom. The Bertz CT molecular complexity index is 470. The second-order valence-electron chi connectivity index (χ2n) is 4.99. The third kappa shape index (κ3) is 5.37. The van der Waals surface area contributed by atoms with Crippen molar-refractivity contribution >= 4 is 29.9 Å². The SMILES string of the molecule is I.N#Cc1ccc(CN=C(N)NC2CCCCC2)cc1. The summed E-state index contributed by atoms with van der Waals surface area (Å²) in [6.07, 6.45) is 6.27. The van der Waals surface area contributed by atoms with Gasteiger partial charge in [0.1, 0.15) is 0 Å². The zero-order chi connectivity index (χ0) is 13.5. The Hall–Kier alpha value is -1.29. The molecule has 1 aliphatic carbocycles. The van der Waals surface area contributed by atoms with Gasteiger partial charge in [0.2, 0.25) is 0 Å². The molecule has 1 aliphatic rings. The molecule has 1 aromatic carbocycles. The van der Waals surface area contributed by atoms with Crippen molar-refractivity contribution in [1.82, 2.24) is 5.32 Å². The minimum absolute atomic E-state index is 0. The standard InChI is InChI=1S/C15H20N4.HI/c16-10-12-6-8-13(9-7-12)11-18-15(17)19-14-4-2-1-3-5-14;/h6-9,14H,1-5,11H2,(H3,17,18,19);1H. The number of nitrogens with zero attached hydrogens (tertiary/aromatic N) is 2. The fourth-order valence-electron chi connectivity index (χ4n) is 2.36. The van der Waals surface area contributed by atoms with E-state index in [1.807, 2.05) is 12.1 Å². The van der Waals surface area contributed by atoms with Crippen LogP contribution in [-0.2, 0) is 6.54 Å². The van der Waals surface area contributed by atoms with Crippen LogP contribution in [0.15, 0.2) is 29.3 Å². The van der Waals surface area contributed by atoms with Crippen LogP contribution >= 0.6 is 24.0 Å².